The molecule has 1 heterocycles. The summed E-state index contributed by atoms with van der Waals surface area (Å²) in [4.78, 5) is 4.35. The van der Waals surface area contributed by atoms with Gasteiger partial charge in [-0.1, -0.05) is 11.6 Å². The molecule has 0 bridgehead atoms. The van der Waals surface area contributed by atoms with Crippen LogP contribution in [-0.2, 0) is 22.8 Å². The van der Waals surface area contributed by atoms with Gasteiger partial charge in [-0.15, -0.1) is 11.6 Å². The van der Waals surface area contributed by atoms with Crippen LogP contribution in [0.3, 0.4) is 0 Å². The molecule has 116 valence electrons. The van der Waals surface area contributed by atoms with Gasteiger partial charge in [0.25, 0.3) is 0 Å². The summed E-state index contributed by atoms with van der Waals surface area (Å²) in [5.41, 5.74) is 1.19. The highest BCUT2D eigenvalue weighted by molar-refractivity contribution is 7.90. The first-order valence-corrected chi connectivity index (χ1v) is 9.37. The van der Waals surface area contributed by atoms with Crippen molar-refractivity contribution in [1.82, 2.24) is 9.55 Å². The summed E-state index contributed by atoms with van der Waals surface area (Å²) >= 11 is 11.6. The summed E-state index contributed by atoms with van der Waals surface area (Å²) in [6.07, 6.45) is 2.17. The summed E-state index contributed by atoms with van der Waals surface area (Å²) < 4.78 is 37.8. The van der Waals surface area contributed by atoms with Crippen molar-refractivity contribution in [2.75, 3.05) is 17.9 Å². The molecule has 0 unspecified atom stereocenters. The molecule has 8 heteroatoms. The highest BCUT2D eigenvalue weighted by atomic mass is 35.5. The number of halogens is 3. The summed E-state index contributed by atoms with van der Waals surface area (Å²) in [7, 11) is -3.02. The molecule has 0 atom stereocenters. The Morgan fingerprint density at radius 2 is 2.10 bits per heavy atom. The lowest BCUT2D eigenvalue weighted by Gasteiger charge is -2.08. The number of aryl methyl sites for hydroxylation is 2. The van der Waals surface area contributed by atoms with E-state index in [1.54, 1.807) is 0 Å². The van der Waals surface area contributed by atoms with E-state index in [0.29, 0.717) is 42.1 Å². The predicted molar refractivity (Wildman–Crippen MR) is 83.5 cm³/mol. The van der Waals surface area contributed by atoms with Gasteiger partial charge in [-0.2, -0.15) is 0 Å². The van der Waals surface area contributed by atoms with E-state index >= 15 is 0 Å². The van der Waals surface area contributed by atoms with Gasteiger partial charge < -0.3 is 4.57 Å². The normalized spacial score (nSPS) is 12.2. The molecule has 0 spiro atoms. The summed E-state index contributed by atoms with van der Waals surface area (Å²) in [5.74, 6) is 0.644. The van der Waals surface area contributed by atoms with E-state index in [4.69, 9.17) is 23.2 Å². The van der Waals surface area contributed by atoms with Gasteiger partial charge in [-0.3, -0.25) is 0 Å². The van der Waals surface area contributed by atoms with E-state index in [-0.39, 0.29) is 10.8 Å². The SMILES string of the molecule is CS(=O)(=O)CCCn1c(CCCl)nc2cc(F)c(Cl)cc21. The Morgan fingerprint density at radius 3 is 2.71 bits per heavy atom. The lowest BCUT2D eigenvalue weighted by Crippen LogP contribution is -2.10. The van der Waals surface area contributed by atoms with Crippen LogP contribution in [0.25, 0.3) is 11.0 Å². The van der Waals surface area contributed by atoms with Crippen LogP contribution in [-0.4, -0.2) is 35.9 Å². The molecule has 0 radical (unpaired) electrons. The molecular weight excluding hydrogens is 338 g/mol. The van der Waals surface area contributed by atoms with Gasteiger partial charge in [0.1, 0.15) is 21.5 Å². The second kappa shape index (κ2) is 6.50. The van der Waals surface area contributed by atoms with E-state index < -0.39 is 15.7 Å². The minimum atomic E-state index is -3.02. The number of hydrogen-bond donors (Lipinski definition) is 0. The van der Waals surface area contributed by atoms with E-state index in [2.05, 4.69) is 4.98 Å². The third-order valence-electron chi connectivity index (χ3n) is 3.08. The Bertz CT molecular complexity index is 759. The first-order chi connectivity index (χ1) is 9.81. The van der Waals surface area contributed by atoms with Gasteiger partial charge >= 0.3 is 0 Å². The topological polar surface area (TPSA) is 52.0 Å². The highest BCUT2D eigenvalue weighted by Crippen LogP contribution is 2.24. The van der Waals surface area contributed by atoms with Crippen molar-refractivity contribution in [3.8, 4) is 0 Å². The standard InChI is InChI=1S/C13H15Cl2FN2O2S/c1-21(19,20)6-2-5-18-12-7-9(15)10(16)8-11(12)17-13(18)3-4-14/h7-8H,2-6H2,1H3. The maximum atomic E-state index is 13.5. The van der Waals surface area contributed by atoms with E-state index in [1.807, 2.05) is 4.57 Å². The number of benzene rings is 1. The lowest BCUT2D eigenvalue weighted by molar-refractivity contribution is 0.590. The smallest absolute Gasteiger partial charge is 0.147 e. The number of aromatic nitrogens is 2. The van der Waals surface area contributed by atoms with Crippen LogP contribution in [0, 0.1) is 5.82 Å². The average Bonchev–Trinajstić information content (AvgIpc) is 2.67. The maximum Gasteiger partial charge on any atom is 0.147 e. The molecule has 0 aliphatic heterocycles. The van der Waals surface area contributed by atoms with E-state index in [9.17, 15) is 12.8 Å². The molecule has 0 saturated heterocycles. The third kappa shape index (κ3) is 4.08. The molecule has 2 aromatic rings. The monoisotopic (exact) mass is 352 g/mol. The third-order valence-corrected chi connectivity index (χ3v) is 4.59. The van der Waals surface area contributed by atoms with Crippen LogP contribution in [0.2, 0.25) is 5.02 Å². The minimum absolute atomic E-state index is 0.0178. The Labute approximate surface area is 132 Å². The first-order valence-electron chi connectivity index (χ1n) is 6.39. The van der Waals surface area contributed by atoms with Crippen molar-refractivity contribution in [1.29, 1.82) is 0 Å². The zero-order valence-electron chi connectivity index (χ0n) is 11.4. The molecular formula is C13H15Cl2FN2O2S. The number of rotatable bonds is 6. The first kappa shape index (κ1) is 16.5. The molecule has 0 aliphatic carbocycles. The van der Waals surface area contributed by atoms with Gasteiger partial charge in [0.2, 0.25) is 0 Å². The highest BCUT2D eigenvalue weighted by Gasteiger charge is 2.14. The largest absolute Gasteiger partial charge is 0.328 e. The second-order valence-corrected chi connectivity index (χ2v) is 7.90. The summed E-state index contributed by atoms with van der Waals surface area (Å²) in [6.45, 7) is 0.470. The lowest BCUT2D eigenvalue weighted by atomic mass is 10.3. The average molecular weight is 353 g/mol. The second-order valence-electron chi connectivity index (χ2n) is 4.86. The van der Waals surface area contributed by atoms with Crippen LogP contribution in [0.1, 0.15) is 12.2 Å². The van der Waals surface area contributed by atoms with E-state index in [0.717, 1.165) is 0 Å². The fraction of sp³-hybridized carbons (Fsp3) is 0.462. The van der Waals surface area contributed by atoms with Gasteiger partial charge in [-0.25, -0.2) is 17.8 Å². The van der Waals surface area contributed by atoms with Crippen LogP contribution in [0.15, 0.2) is 12.1 Å². The molecule has 0 saturated carbocycles. The van der Waals surface area contributed by atoms with Crippen molar-refractivity contribution in [3.63, 3.8) is 0 Å². The van der Waals surface area contributed by atoms with Gasteiger partial charge in [0.05, 0.1) is 21.8 Å². The molecule has 21 heavy (non-hydrogen) atoms. The fourth-order valence-corrected chi connectivity index (χ4v) is 3.16. The number of fused-ring (bicyclic) bond motifs is 1. The number of sulfone groups is 1. The Kier molecular flexibility index (Phi) is 5.11. The van der Waals surface area contributed by atoms with Crippen LogP contribution in [0.5, 0.6) is 0 Å². The zero-order valence-corrected chi connectivity index (χ0v) is 13.8. The molecule has 0 amide bonds. The van der Waals surface area contributed by atoms with Gasteiger partial charge in [0, 0.05) is 31.2 Å². The summed E-state index contributed by atoms with van der Waals surface area (Å²) in [5, 5.41) is 0.0178. The number of imidazole rings is 1. The number of alkyl halides is 1. The van der Waals surface area contributed by atoms with Crippen molar-refractivity contribution in [3.05, 3.63) is 28.8 Å². The fourth-order valence-electron chi connectivity index (χ4n) is 2.18. The molecule has 2 rings (SSSR count). The van der Waals surface area contributed by atoms with Crippen LogP contribution in [0.4, 0.5) is 4.39 Å². The molecule has 1 aromatic heterocycles. The van der Waals surface area contributed by atoms with Gasteiger partial charge in [0.15, 0.2) is 0 Å². The molecule has 4 nitrogen and oxygen atoms in total. The number of nitrogens with zero attached hydrogens (tertiary/aromatic N) is 2. The summed E-state index contributed by atoms with van der Waals surface area (Å²) in [6, 6.07) is 2.79. The minimum Gasteiger partial charge on any atom is -0.328 e. The quantitative estimate of drug-likeness (QED) is 0.750. The van der Waals surface area contributed by atoms with Crippen molar-refractivity contribution in [2.24, 2.45) is 0 Å². The van der Waals surface area contributed by atoms with Crippen LogP contribution < -0.4 is 0 Å². The molecule has 0 N–H and O–H groups in total. The van der Waals surface area contributed by atoms with Crippen molar-refractivity contribution < 1.29 is 12.8 Å². The van der Waals surface area contributed by atoms with Crippen molar-refractivity contribution >= 4 is 44.1 Å². The maximum absolute atomic E-state index is 13.5. The number of hydrogen-bond acceptors (Lipinski definition) is 3. The molecule has 0 aliphatic rings. The molecule has 1 aromatic carbocycles. The zero-order chi connectivity index (χ0) is 15.6. The Hall–Kier alpha value is -0.850. The molecule has 0 fully saturated rings. The van der Waals surface area contributed by atoms with Gasteiger partial charge in [-0.05, 0) is 12.5 Å². The van der Waals surface area contributed by atoms with E-state index in [1.165, 1.54) is 18.4 Å². The predicted octanol–water partition coefficient (Wildman–Crippen LogP) is 3.04. The Morgan fingerprint density at radius 1 is 1.38 bits per heavy atom. The Balaban J connectivity index is 2.38. The van der Waals surface area contributed by atoms with Crippen LogP contribution >= 0.6 is 23.2 Å². The van der Waals surface area contributed by atoms with Crippen molar-refractivity contribution in [2.45, 2.75) is 19.4 Å².